The van der Waals surface area contributed by atoms with E-state index in [0.717, 1.165) is 32.4 Å². The fourth-order valence-corrected chi connectivity index (χ4v) is 4.59. The lowest BCUT2D eigenvalue weighted by Gasteiger charge is -2.06. The lowest BCUT2D eigenvalue weighted by molar-refractivity contribution is 0.189. The van der Waals surface area contributed by atoms with Crippen molar-refractivity contribution in [1.29, 1.82) is 0 Å². The number of nitrogens with one attached hydrogen (secondary N) is 3. The van der Waals surface area contributed by atoms with Crippen molar-refractivity contribution in [3.8, 4) is 0 Å². The highest BCUT2D eigenvalue weighted by Gasteiger charge is 1.96. The second-order valence-corrected chi connectivity index (χ2v) is 10.2. The Kier molecular flexibility index (Phi) is 29.5. The van der Waals surface area contributed by atoms with Crippen molar-refractivity contribution in [2.45, 2.75) is 161 Å². The van der Waals surface area contributed by atoms with E-state index in [1.807, 2.05) is 0 Å². The van der Waals surface area contributed by atoms with Gasteiger partial charge in [0.15, 0.2) is 0 Å². The molecule has 0 rings (SSSR count). The van der Waals surface area contributed by atoms with Gasteiger partial charge in [0.25, 0.3) is 0 Å². The molecular weight excluding hydrogens is 422 g/mol. The molecule has 0 aromatic rings. The maximum atomic E-state index is 10.3. The minimum atomic E-state index is -1.02. The first-order chi connectivity index (χ1) is 16.8. The molecule has 0 atom stereocenters. The molecule has 34 heavy (non-hydrogen) atoms. The van der Waals surface area contributed by atoms with Crippen LogP contribution in [-0.4, -0.2) is 30.8 Å². The number of hydrazine groups is 1. The van der Waals surface area contributed by atoms with Gasteiger partial charge >= 0.3 is 6.09 Å². The smallest absolute Gasteiger partial charge is 0.419 e. The van der Waals surface area contributed by atoms with Crippen molar-refractivity contribution >= 4 is 6.09 Å². The van der Waals surface area contributed by atoms with E-state index in [2.05, 4.69) is 23.1 Å². The zero-order chi connectivity index (χ0) is 24.8. The number of amides is 1. The SMILES string of the molecule is CCCCCCCCCCCCCCCCCCCCCCCNCCCCCNNC(=O)O. The molecular formula is C29H61N3O2. The molecule has 0 bridgehead atoms. The van der Waals surface area contributed by atoms with Crippen molar-refractivity contribution in [1.82, 2.24) is 16.2 Å². The molecule has 5 heteroatoms. The van der Waals surface area contributed by atoms with Crippen LogP contribution in [0.1, 0.15) is 161 Å². The minimum Gasteiger partial charge on any atom is -0.464 e. The quantitative estimate of drug-likeness (QED) is 0.0634. The number of unbranched alkanes of at least 4 members (excludes halogenated alkanes) is 22. The highest BCUT2D eigenvalue weighted by Crippen LogP contribution is 2.15. The molecule has 0 radical (unpaired) electrons. The van der Waals surface area contributed by atoms with E-state index >= 15 is 0 Å². The molecule has 0 aliphatic rings. The summed E-state index contributed by atoms with van der Waals surface area (Å²) < 4.78 is 0. The molecule has 0 unspecified atom stereocenters. The normalized spacial score (nSPS) is 11.2. The van der Waals surface area contributed by atoms with Crippen LogP contribution < -0.4 is 16.2 Å². The number of hydrogen-bond donors (Lipinski definition) is 4. The Balaban J connectivity index is 3.01. The van der Waals surface area contributed by atoms with Crippen molar-refractivity contribution in [3.63, 3.8) is 0 Å². The van der Waals surface area contributed by atoms with Gasteiger partial charge in [-0.25, -0.2) is 10.2 Å². The van der Waals surface area contributed by atoms with E-state index in [4.69, 9.17) is 5.11 Å². The van der Waals surface area contributed by atoms with Crippen LogP contribution >= 0.6 is 0 Å². The number of hydrogen-bond acceptors (Lipinski definition) is 3. The van der Waals surface area contributed by atoms with Crippen LogP contribution in [0.4, 0.5) is 4.79 Å². The number of carboxylic acid groups (broad SMARTS) is 1. The summed E-state index contributed by atoms with van der Waals surface area (Å²) in [7, 11) is 0. The summed E-state index contributed by atoms with van der Waals surface area (Å²) >= 11 is 0. The van der Waals surface area contributed by atoms with Crippen LogP contribution in [0.25, 0.3) is 0 Å². The van der Waals surface area contributed by atoms with Gasteiger partial charge in [0.1, 0.15) is 0 Å². The van der Waals surface area contributed by atoms with E-state index < -0.39 is 6.09 Å². The summed E-state index contributed by atoms with van der Waals surface area (Å²) in [6, 6.07) is 0. The van der Waals surface area contributed by atoms with Crippen molar-refractivity contribution in [2.24, 2.45) is 0 Å². The van der Waals surface area contributed by atoms with Crippen molar-refractivity contribution in [2.75, 3.05) is 19.6 Å². The first-order valence-corrected chi connectivity index (χ1v) is 15.2. The van der Waals surface area contributed by atoms with Crippen LogP contribution in [0.2, 0.25) is 0 Å². The molecule has 4 N–H and O–H groups in total. The third kappa shape index (κ3) is 31.2. The molecule has 0 aliphatic heterocycles. The molecule has 0 spiro atoms. The van der Waals surface area contributed by atoms with E-state index in [0.29, 0.717) is 6.54 Å². The highest BCUT2D eigenvalue weighted by molar-refractivity contribution is 5.63. The number of carbonyl (C=O) groups is 1. The Hall–Kier alpha value is -0.810. The lowest BCUT2D eigenvalue weighted by atomic mass is 10.0. The minimum absolute atomic E-state index is 0.700. The van der Waals surface area contributed by atoms with Gasteiger partial charge in [0.05, 0.1) is 0 Å². The largest absolute Gasteiger partial charge is 0.464 e. The average molecular weight is 484 g/mol. The van der Waals surface area contributed by atoms with Gasteiger partial charge in [-0.2, -0.15) is 0 Å². The fraction of sp³-hybridized carbons (Fsp3) is 0.966. The molecule has 0 aliphatic carbocycles. The topological polar surface area (TPSA) is 73.4 Å². The Morgan fingerprint density at radius 1 is 0.471 bits per heavy atom. The highest BCUT2D eigenvalue weighted by atomic mass is 16.4. The third-order valence-electron chi connectivity index (χ3n) is 6.81. The van der Waals surface area contributed by atoms with Gasteiger partial charge in [-0.3, -0.25) is 5.43 Å². The van der Waals surface area contributed by atoms with Crippen LogP contribution in [0.3, 0.4) is 0 Å². The molecule has 0 heterocycles. The Bertz CT molecular complexity index is 394. The van der Waals surface area contributed by atoms with Crippen LogP contribution in [0.15, 0.2) is 0 Å². The first-order valence-electron chi connectivity index (χ1n) is 15.2. The average Bonchev–Trinajstić information content (AvgIpc) is 2.83. The summed E-state index contributed by atoms with van der Waals surface area (Å²) in [5.74, 6) is 0. The van der Waals surface area contributed by atoms with Crippen LogP contribution in [0.5, 0.6) is 0 Å². The summed E-state index contributed by atoms with van der Waals surface area (Å²) in [6.07, 6.45) is 32.4. The van der Waals surface area contributed by atoms with Crippen molar-refractivity contribution in [3.05, 3.63) is 0 Å². The molecule has 0 saturated carbocycles. The van der Waals surface area contributed by atoms with E-state index in [1.54, 1.807) is 0 Å². The van der Waals surface area contributed by atoms with Gasteiger partial charge in [-0.15, -0.1) is 0 Å². The van der Waals surface area contributed by atoms with E-state index in [-0.39, 0.29) is 0 Å². The van der Waals surface area contributed by atoms with Gasteiger partial charge in [0.2, 0.25) is 0 Å². The molecule has 5 nitrogen and oxygen atoms in total. The molecule has 204 valence electrons. The second kappa shape index (κ2) is 30.2. The lowest BCUT2D eigenvalue weighted by Crippen LogP contribution is -2.36. The molecule has 0 saturated heterocycles. The van der Waals surface area contributed by atoms with Gasteiger partial charge in [-0.05, 0) is 32.4 Å². The molecule has 0 aromatic heterocycles. The molecule has 0 aromatic carbocycles. The van der Waals surface area contributed by atoms with E-state index in [1.165, 1.54) is 135 Å². The first kappa shape index (κ1) is 33.2. The predicted octanol–water partition coefficient (Wildman–Crippen LogP) is 8.73. The Morgan fingerprint density at radius 2 is 0.765 bits per heavy atom. The summed E-state index contributed by atoms with van der Waals surface area (Å²) in [5.41, 5.74) is 4.85. The Labute approximate surface area is 213 Å². The monoisotopic (exact) mass is 483 g/mol. The van der Waals surface area contributed by atoms with Crippen LogP contribution in [0, 0.1) is 0 Å². The maximum Gasteiger partial charge on any atom is 0.419 e. The third-order valence-corrected chi connectivity index (χ3v) is 6.81. The molecule has 0 fully saturated rings. The predicted molar refractivity (Wildman–Crippen MR) is 149 cm³/mol. The number of rotatable bonds is 29. The summed E-state index contributed by atoms with van der Waals surface area (Å²) in [6.45, 7) is 5.21. The van der Waals surface area contributed by atoms with Gasteiger partial charge in [-0.1, -0.05) is 142 Å². The Morgan fingerprint density at radius 3 is 1.12 bits per heavy atom. The van der Waals surface area contributed by atoms with Gasteiger partial charge < -0.3 is 10.4 Å². The van der Waals surface area contributed by atoms with Crippen molar-refractivity contribution < 1.29 is 9.90 Å². The zero-order valence-corrected chi connectivity index (χ0v) is 22.9. The van der Waals surface area contributed by atoms with E-state index in [9.17, 15) is 4.79 Å². The maximum absolute atomic E-state index is 10.3. The second-order valence-electron chi connectivity index (χ2n) is 10.2. The van der Waals surface area contributed by atoms with Crippen LogP contribution in [-0.2, 0) is 0 Å². The summed E-state index contributed by atoms with van der Waals surface area (Å²) in [5, 5.41) is 12.0. The molecule has 1 amide bonds. The fourth-order valence-electron chi connectivity index (χ4n) is 4.59. The summed E-state index contributed by atoms with van der Waals surface area (Å²) in [4.78, 5) is 10.3. The standard InChI is InChI=1S/C29H61N3O2/c1-2-3-4-5-6-7-8-9-10-11-12-13-14-15-16-17-18-19-20-21-23-26-30-27-24-22-25-28-31-32-29(33)34/h30-32H,2-28H2,1H3,(H,33,34). The van der Waals surface area contributed by atoms with Gasteiger partial charge in [0, 0.05) is 6.54 Å². The zero-order valence-electron chi connectivity index (χ0n) is 22.9.